The highest BCUT2D eigenvalue weighted by Crippen LogP contribution is 2.25. The maximum Gasteiger partial charge on any atom is 0.243 e. The molecule has 1 unspecified atom stereocenters. The Morgan fingerprint density at radius 2 is 1.56 bits per heavy atom. The molecule has 2 amide bonds. The van der Waals surface area contributed by atoms with Crippen LogP contribution in [0.1, 0.15) is 42.4 Å². The first-order chi connectivity index (χ1) is 17.4. The van der Waals surface area contributed by atoms with Crippen molar-refractivity contribution in [3.63, 3.8) is 0 Å². The average molecular weight is 544 g/mol. The van der Waals surface area contributed by atoms with Crippen LogP contribution in [0.3, 0.4) is 0 Å². The third-order valence-corrected chi connectivity index (χ3v) is 7.58. The van der Waals surface area contributed by atoms with Gasteiger partial charge < -0.3 is 10.2 Å². The zero-order valence-electron chi connectivity index (χ0n) is 19.9. The number of carbonyl (C=O) groups excluding carboxylic acids is 2. The topological polar surface area (TPSA) is 49.4 Å². The molecule has 1 aliphatic carbocycles. The predicted molar refractivity (Wildman–Crippen MR) is 147 cm³/mol. The summed E-state index contributed by atoms with van der Waals surface area (Å²) in [5.41, 5.74) is 2.41. The van der Waals surface area contributed by atoms with Crippen molar-refractivity contribution in [2.24, 2.45) is 0 Å². The van der Waals surface area contributed by atoms with Crippen molar-refractivity contribution < 1.29 is 9.59 Å². The van der Waals surface area contributed by atoms with E-state index in [-0.39, 0.29) is 30.8 Å². The average Bonchev–Trinajstić information content (AvgIpc) is 3.37. The SMILES string of the molecule is O=C(NC1CCCC1)C(Cc1ccccc1)N(Cc1ccccc1Cl)C(=O)Cc1ccc(Cl)cc1Cl. The molecule has 4 nitrogen and oxygen atoms in total. The Kier molecular flexibility index (Phi) is 9.30. The molecular formula is C29H29Cl3N2O2. The van der Waals surface area contributed by atoms with Gasteiger partial charge in [0.1, 0.15) is 6.04 Å². The largest absolute Gasteiger partial charge is 0.352 e. The van der Waals surface area contributed by atoms with Gasteiger partial charge in [0, 0.05) is 34.1 Å². The minimum atomic E-state index is -0.706. The van der Waals surface area contributed by atoms with E-state index in [2.05, 4.69) is 5.32 Å². The number of hydrogen-bond donors (Lipinski definition) is 1. The van der Waals surface area contributed by atoms with Crippen LogP contribution in [0.2, 0.25) is 15.1 Å². The molecule has 1 saturated carbocycles. The van der Waals surface area contributed by atoms with Crippen molar-refractivity contribution in [1.29, 1.82) is 0 Å². The molecule has 188 valence electrons. The minimum absolute atomic E-state index is 0.0441. The molecule has 3 aromatic rings. The molecule has 1 fully saturated rings. The predicted octanol–water partition coefficient (Wildman–Crippen LogP) is 6.89. The van der Waals surface area contributed by atoms with E-state index in [1.807, 2.05) is 48.5 Å². The summed E-state index contributed by atoms with van der Waals surface area (Å²) in [6.07, 6.45) is 4.56. The summed E-state index contributed by atoms with van der Waals surface area (Å²) >= 11 is 18.9. The first-order valence-corrected chi connectivity index (χ1v) is 13.3. The van der Waals surface area contributed by atoms with Crippen LogP contribution >= 0.6 is 34.8 Å². The van der Waals surface area contributed by atoms with Gasteiger partial charge in [0.15, 0.2) is 0 Å². The standard InChI is InChI=1S/C29H29Cl3N2O2/c30-23-15-14-21(26(32)18-23)17-28(35)34(19-22-10-4-7-13-25(22)31)27(16-20-8-2-1-3-9-20)29(36)33-24-11-5-6-12-24/h1-4,7-10,13-15,18,24,27H,5-6,11-12,16-17,19H2,(H,33,36). The van der Waals surface area contributed by atoms with Gasteiger partial charge in [-0.3, -0.25) is 9.59 Å². The van der Waals surface area contributed by atoms with Crippen LogP contribution in [0.4, 0.5) is 0 Å². The fourth-order valence-electron chi connectivity index (χ4n) is 4.66. The summed E-state index contributed by atoms with van der Waals surface area (Å²) < 4.78 is 0. The third kappa shape index (κ3) is 7.03. The van der Waals surface area contributed by atoms with Gasteiger partial charge in [-0.25, -0.2) is 0 Å². The molecule has 36 heavy (non-hydrogen) atoms. The van der Waals surface area contributed by atoms with Crippen LogP contribution in [0.25, 0.3) is 0 Å². The van der Waals surface area contributed by atoms with Crippen molar-refractivity contribution >= 4 is 46.6 Å². The molecule has 7 heteroatoms. The van der Waals surface area contributed by atoms with Gasteiger partial charge in [0.25, 0.3) is 0 Å². The summed E-state index contributed by atoms with van der Waals surface area (Å²) in [4.78, 5) is 29.2. The van der Waals surface area contributed by atoms with E-state index in [9.17, 15) is 9.59 Å². The quantitative estimate of drug-likeness (QED) is 0.319. The van der Waals surface area contributed by atoms with Crippen LogP contribution in [-0.4, -0.2) is 28.8 Å². The van der Waals surface area contributed by atoms with Gasteiger partial charge in [-0.15, -0.1) is 0 Å². The summed E-state index contributed by atoms with van der Waals surface area (Å²) in [6.45, 7) is 0.208. The lowest BCUT2D eigenvalue weighted by Crippen LogP contribution is -2.52. The molecule has 1 N–H and O–H groups in total. The molecule has 0 spiro atoms. The third-order valence-electron chi connectivity index (χ3n) is 6.63. The molecular weight excluding hydrogens is 515 g/mol. The van der Waals surface area contributed by atoms with Crippen LogP contribution in [-0.2, 0) is 29.0 Å². The molecule has 0 aliphatic heterocycles. The van der Waals surface area contributed by atoms with Crippen molar-refractivity contribution in [3.05, 3.63) is 105 Å². The second kappa shape index (κ2) is 12.6. The van der Waals surface area contributed by atoms with Gasteiger partial charge in [-0.2, -0.15) is 0 Å². The Hall–Kier alpha value is -2.53. The Balaban J connectivity index is 1.68. The number of benzene rings is 3. The van der Waals surface area contributed by atoms with E-state index in [1.54, 1.807) is 29.2 Å². The van der Waals surface area contributed by atoms with Gasteiger partial charge in [0.05, 0.1) is 6.42 Å². The molecule has 0 bridgehead atoms. The smallest absolute Gasteiger partial charge is 0.243 e. The Labute approximate surface area is 227 Å². The van der Waals surface area contributed by atoms with Crippen LogP contribution in [0.5, 0.6) is 0 Å². The summed E-state index contributed by atoms with van der Waals surface area (Å²) in [7, 11) is 0. The van der Waals surface area contributed by atoms with Crippen LogP contribution in [0, 0.1) is 0 Å². The highest BCUT2D eigenvalue weighted by Gasteiger charge is 2.32. The van der Waals surface area contributed by atoms with E-state index in [0.717, 1.165) is 36.8 Å². The number of carbonyl (C=O) groups is 2. The van der Waals surface area contributed by atoms with Gasteiger partial charge >= 0.3 is 0 Å². The molecule has 0 heterocycles. The Bertz CT molecular complexity index is 1200. The molecule has 0 saturated heterocycles. The fraction of sp³-hybridized carbons (Fsp3) is 0.310. The molecule has 1 atom stereocenters. The molecule has 0 radical (unpaired) electrons. The molecule has 3 aromatic carbocycles. The summed E-state index contributed by atoms with van der Waals surface area (Å²) in [5.74, 6) is -0.352. The fourth-order valence-corrected chi connectivity index (χ4v) is 5.33. The number of nitrogens with zero attached hydrogens (tertiary/aromatic N) is 1. The maximum absolute atomic E-state index is 13.8. The lowest BCUT2D eigenvalue weighted by atomic mass is 10.0. The first-order valence-electron chi connectivity index (χ1n) is 12.2. The van der Waals surface area contributed by atoms with Crippen LogP contribution < -0.4 is 5.32 Å². The lowest BCUT2D eigenvalue weighted by molar-refractivity contribution is -0.141. The second-order valence-electron chi connectivity index (χ2n) is 9.22. The first kappa shape index (κ1) is 26.5. The zero-order chi connectivity index (χ0) is 25.5. The molecule has 1 aliphatic rings. The number of rotatable bonds is 9. The normalized spacial score (nSPS) is 14.4. The Morgan fingerprint density at radius 1 is 0.861 bits per heavy atom. The summed E-state index contributed by atoms with van der Waals surface area (Å²) in [5, 5.41) is 4.68. The van der Waals surface area contributed by atoms with Gasteiger partial charge in [0.2, 0.25) is 11.8 Å². The van der Waals surface area contributed by atoms with Gasteiger partial charge in [-0.05, 0) is 47.7 Å². The summed E-state index contributed by atoms with van der Waals surface area (Å²) in [6, 6.07) is 21.7. The van der Waals surface area contributed by atoms with E-state index in [0.29, 0.717) is 27.1 Å². The molecule has 4 rings (SSSR count). The maximum atomic E-state index is 13.8. The number of nitrogens with one attached hydrogen (secondary N) is 1. The Morgan fingerprint density at radius 3 is 2.25 bits per heavy atom. The van der Waals surface area contributed by atoms with E-state index in [4.69, 9.17) is 34.8 Å². The number of halogens is 3. The number of amides is 2. The van der Waals surface area contributed by atoms with Gasteiger partial charge in [-0.1, -0.05) is 102 Å². The molecule has 0 aromatic heterocycles. The zero-order valence-corrected chi connectivity index (χ0v) is 22.2. The van der Waals surface area contributed by atoms with Crippen molar-refractivity contribution in [1.82, 2.24) is 10.2 Å². The monoisotopic (exact) mass is 542 g/mol. The van der Waals surface area contributed by atoms with Crippen molar-refractivity contribution in [2.75, 3.05) is 0 Å². The minimum Gasteiger partial charge on any atom is -0.352 e. The van der Waals surface area contributed by atoms with E-state index in [1.165, 1.54) is 0 Å². The lowest BCUT2D eigenvalue weighted by Gasteiger charge is -2.33. The van der Waals surface area contributed by atoms with E-state index >= 15 is 0 Å². The number of hydrogen-bond acceptors (Lipinski definition) is 2. The highest BCUT2D eigenvalue weighted by atomic mass is 35.5. The highest BCUT2D eigenvalue weighted by molar-refractivity contribution is 6.35. The second-order valence-corrected chi connectivity index (χ2v) is 10.5. The van der Waals surface area contributed by atoms with Crippen molar-refractivity contribution in [2.45, 2.75) is 57.2 Å². The van der Waals surface area contributed by atoms with Crippen LogP contribution in [0.15, 0.2) is 72.8 Å². The van der Waals surface area contributed by atoms with Crippen molar-refractivity contribution in [3.8, 4) is 0 Å². The van der Waals surface area contributed by atoms with E-state index < -0.39 is 6.04 Å².